The Morgan fingerprint density at radius 3 is 2.73 bits per heavy atom. The van der Waals surface area contributed by atoms with Gasteiger partial charge in [-0.05, 0) is 57.7 Å². The minimum atomic E-state index is -0.959. The Kier molecular flexibility index (Phi) is 7.14. The monoisotopic (exact) mass is 572 g/mol. The van der Waals surface area contributed by atoms with Gasteiger partial charge in [0, 0.05) is 23.6 Å². The number of ether oxygens (including phenoxy) is 3. The maximum absolute atomic E-state index is 13.6. The smallest absolute Gasteiger partial charge is 0.347 e. The number of halogens is 1. The van der Waals surface area contributed by atoms with E-state index in [1.165, 1.54) is 20.5 Å². The molecule has 5 atom stereocenters. The molecule has 0 unspecified atom stereocenters. The van der Waals surface area contributed by atoms with E-state index in [4.69, 9.17) is 30.6 Å². The molecule has 1 saturated heterocycles. The number of fused-ring (bicyclic) bond motifs is 5. The molecule has 40 heavy (non-hydrogen) atoms. The number of aromatic nitrogens is 3. The number of benzene rings is 1. The van der Waals surface area contributed by atoms with Crippen LogP contribution in [0.5, 0.6) is 11.5 Å². The normalized spacial score (nSPS) is 27.2. The topological polar surface area (TPSA) is 122 Å². The highest BCUT2D eigenvalue weighted by molar-refractivity contribution is 6.31. The van der Waals surface area contributed by atoms with Crippen LogP contribution in [0.25, 0.3) is 0 Å². The van der Waals surface area contributed by atoms with Gasteiger partial charge in [0.2, 0.25) is 6.79 Å². The highest BCUT2D eigenvalue weighted by atomic mass is 35.5. The summed E-state index contributed by atoms with van der Waals surface area (Å²) < 4.78 is 20.4. The van der Waals surface area contributed by atoms with Gasteiger partial charge in [0.25, 0.3) is 0 Å². The lowest BCUT2D eigenvalue weighted by atomic mass is 9.78. The van der Waals surface area contributed by atoms with Crippen molar-refractivity contribution in [3.8, 4) is 11.5 Å². The summed E-state index contributed by atoms with van der Waals surface area (Å²) in [5, 5.41) is 15.9. The molecular formula is C28H33ClN4O7. The van der Waals surface area contributed by atoms with E-state index in [-0.39, 0.29) is 25.4 Å². The average molecular weight is 573 g/mol. The fourth-order valence-corrected chi connectivity index (χ4v) is 6.07. The van der Waals surface area contributed by atoms with Crippen LogP contribution in [0.2, 0.25) is 5.02 Å². The van der Waals surface area contributed by atoms with E-state index in [9.17, 15) is 14.7 Å². The van der Waals surface area contributed by atoms with Gasteiger partial charge >= 0.3 is 11.4 Å². The Bertz CT molecular complexity index is 1530. The first kappa shape index (κ1) is 26.9. The zero-order valence-electron chi connectivity index (χ0n) is 22.7. The van der Waals surface area contributed by atoms with Gasteiger partial charge < -0.3 is 24.2 Å². The zero-order valence-corrected chi connectivity index (χ0v) is 23.5. The SMILES string of the molecule is CC(C)=CCC/C(C)=C/CO/N=C1/[C@H]2CCn3c(=O)n(Cc4cc5c(cc4Cl)OCO5)c(=O)n3[C@H]2[C@H](O)[C@@H]2O[C@H]12. The predicted octanol–water partition coefficient (Wildman–Crippen LogP) is 3.01. The first-order valence-corrected chi connectivity index (χ1v) is 13.9. The first-order valence-electron chi connectivity index (χ1n) is 13.6. The maximum atomic E-state index is 13.6. The molecule has 1 saturated carbocycles. The quantitative estimate of drug-likeness (QED) is 0.223. The van der Waals surface area contributed by atoms with E-state index in [0.29, 0.717) is 47.4 Å². The molecule has 0 amide bonds. The van der Waals surface area contributed by atoms with Crippen molar-refractivity contribution in [2.75, 3.05) is 13.4 Å². The molecule has 1 aliphatic carbocycles. The average Bonchev–Trinajstić information content (AvgIpc) is 3.54. The number of rotatable bonds is 8. The zero-order chi connectivity index (χ0) is 28.1. The van der Waals surface area contributed by atoms with Gasteiger partial charge in [0.05, 0.1) is 18.3 Å². The van der Waals surface area contributed by atoms with Crippen molar-refractivity contribution in [2.24, 2.45) is 11.1 Å². The van der Waals surface area contributed by atoms with Crippen LogP contribution in [0.3, 0.4) is 0 Å². The fourth-order valence-electron chi connectivity index (χ4n) is 5.85. The van der Waals surface area contributed by atoms with Crippen LogP contribution in [0.1, 0.15) is 51.6 Å². The van der Waals surface area contributed by atoms with Gasteiger partial charge in [-0.2, -0.15) is 0 Å². The molecule has 6 rings (SSSR count). The van der Waals surface area contributed by atoms with Gasteiger partial charge in [-0.1, -0.05) is 34.0 Å². The van der Waals surface area contributed by atoms with Crippen molar-refractivity contribution in [1.29, 1.82) is 0 Å². The Balaban J connectivity index is 1.23. The molecule has 0 spiro atoms. The first-order chi connectivity index (χ1) is 19.2. The van der Waals surface area contributed by atoms with Crippen molar-refractivity contribution < 1.29 is 24.2 Å². The van der Waals surface area contributed by atoms with Crippen LogP contribution in [-0.2, 0) is 22.7 Å². The summed E-state index contributed by atoms with van der Waals surface area (Å²) in [6.45, 7) is 6.90. The second kappa shape index (κ2) is 10.6. The Morgan fingerprint density at radius 1 is 1.18 bits per heavy atom. The second-order valence-electron chi connectivity index (χ2n) is 11.0. The lowest BCUT2D eigenvalue weighted by Gasteiger charge is -2.38. The Hall–Kier alpha value is -3.28. The molecule has 4 heterocycles. The van der Waals surface area contributed by atoms with Gasteiger partial charge in [0.1, 0.15) is 24.9 Å². The molecule has 214 valence electrons. The van der Waals surface area contributed by atoms with Crippen LogP contribution < -0.4 is 20.9 Å². The summed E-state index contributed by atoms with van der Waals surface area (Å²) in [7, 11) is 0. The van der Waals surface area contributed by atoms with E-state index in [1.807, 2.05) is 6.08 Å². The molecule has 0 bridgehead atoms. The molecule has 0 radical (unpaired) electrons. The molecule has 11 nitrogen and oxygen atoms in total. The number of oxime groups is 1. The van der Waals surface area contributed by atoms with Crippen LogP contribution in [0.4, 0.5) is 0 Å². The largest absolute Gasteiger partial charge is 0.454 e. The molecule has 1 N–H and O–H groups in total. The third-order valence-electron chi connectivity index (χ3n) is 8.01. The number of nitrogens with zero attached hydrogens (tertiary/aromatic N) is 4. The molecule has 1 aromatic heterocycles. The van der Waals surface area contributed by atoms with Gasteiger partial charge in [0.15, 0.2) is 11.5 Å². The summed E-state index contributed by atoms with van der Waals surface area (Å²) in [5.74, 6) is 0.725. The molecule has 2 fully saturated rings. The van der Waals surface area contributed by atoms with E-state index in [1.54, 1.807) is 12.1 Å². The Labute approximate surface area is 235 Å². The predicted molar refractivity (Wildman–Crippen MR) is 147 cm³/mol. The molecule has 3 aliphatic heterocycles. The van der Waals surface area contributed by atoms with Crippen molar-refractivity contribution in [3.63, 3.8) is 0 Å². The summed E-state index contributed by atoms with van der Waals surface area (Å²) >= 11 is 6.42. The summed E-state index contributed by atoms with van der Waals surface area (Å²) in [6, 6.07) is 2.60. The molecule has 12 heteroatoms. The van der Waals surface area contributed by atoms with Crippen molar-refractivity contribution in [2.45, 2.75) is 77.5 Å². The molecule has 4 aliphatic rings. The maximum Gasteiger partial charge on any atom is 0.347 e. The molecule has 2 aromatic rings. The highest BCUT2D eigenvalue weighted by Crippen LogP contribution is 2.46. The number of aliphatic hydroxyl groups excluding tert-OH is 1. The van der Waals surface area contributed by atoms with Gasteiger partial charge in [-0.15, -0.1) is 0 Å². The Morgan fingerprint density at radius 2 is 1.95 bits per heavy atom. The summed E-state index contributed by atoms with van der Waals surface area (Å²) in [4.78, 5) is 32.7. The van der Waals surface area contributed by atoms with Crippen LogP contribution in [0, 0.1) is 5.92 Å². The second-order valence-corrected chi connectivity index (χ2v) is 11.4. The van der Waals surface area contributed by atoms with Crippen LogP contribution in [-0.4, -0.2) is 56.5 Å². The van der Waals surface area contributed by atoms with E-state index in [0.717, 1.165) is 17.4 Å². The van der Waals surface area contributed by atoms with Crippen molar-refractivity contribution in [3.05, 3.63) is 67.0 Å². The molecule has 1 aromatic carbocycles. The minimum Gasteiger partial charge on any atom is -0.454 e. The fraction of sp³-hybridized carbons (Fsp3) is 0.536. The highest BCUT2D eigenvalue weighted by Gasteiger charge is 2.61. The lowest BCUT2D eigenvalue weighted by Crippen LogP contribution is -2.53. The van der Waals surface area contributed by atoms with Gasteiger partial charge in [-0.3, -0.25) is 0 Å². The van der Waals surface area contributed by atoms with Crippen molar-refractivity contribution >= 4 is 17.3 Å². The summed E-state index contributed by atoms with van der Waals surface area (Å²) in [6.07, 6.45) is 4.86. The number of hydrogen-bond acceptors (Lipinski definition) is 8. The number of epoxide rings is 1. The minimum absolute atomic E-state index is 0.0421. The van der Waals surface area contributed by atoms with Gasteiger partial charge in [-0.25, -0.2) is 23.5 Å². The number of aliphatic hydroxyl groups is 1. The lowest BCUT2D eigenvalue weighted by molar-refractivity contribution is 0.0326. The molecular weight excluding hydrogens is 540 g/mol. The third-order valence-corrected chi connectivity index (χ3v) is 8.36. The third kappa shape index (κ3) is 4.80. The van der Waals surface area contributed by atoms with E-state index >= 15 is 0 Å². The number of allylic oxidation sites excluding steroid dienone is 3. The number of hydrogen-bond donors (Lipinski definition) is 1. The summed E-state index contributed by atoms with van der Waals surface area (Å²) in [5.41, 5.74) is 2.75. The van der Waals surface area contributed by atoms with Crippen LogP contribution >= 0.6 is 11.6 Å². The van der Waals surface area contributed by atoms with Crippen molar-refractivity contribution in [1.82, 2.24) is 13.9 Å². The standard InChI is InChI=1S/C28H33ClN4O7/c1-15(2)5-4-6-16(3)8-10-39-30-22-18-7-9-32-27(35)31(13-17-11-20-21(12-19(17)29)38-14-37-20)28(36)33(32)23(18)24(34)26-25(22)40-26/h5,8,11-12,18,23-26,34H,4,6-7,9-10,13-14H2,1-3H3/b16-8+,30-22-/t18-,23-,24+,25-,26+/m1/s1. The van der Waals surface area contributed by atoms with Crippen LogP contribution in [0.15, 0.2) is 50.2 Å². The van der Waals surface area contributed by atoms with E-state index < -0.39 is 29.6 Å². The van der Waals surface area contributed by atoms with E-state index in [2.05, 4.69) is 32.0 Å².